The van der Waals surface area contributed by atoms with Crippen molar-refractivity contribution in [1.29, 1.82) is 0 Å². The first-order valence-electron chi connectivity index (χ1n) is 9.63. The van der Waals surface area contributed by atoms with Gasteiger partial charge in [-0.25, -0.2) is 0 Å². The Bertz CT molecular complexity index is 660. The maximum Gasteiger partial charge on any atom is 0.191 e. The van der Waals surface area contributed by atoms with Crippen LogP contribution in [0.15, 0.2) is 29.3 Å². The highest BCUT2D eigenvalue weighted by Gasteiger charge is 2.66. The van der Waals surface area contributed by atoms with Crippen molar-refractivity contribution in [3.05, 3.63) is 29.8 Å². The van der Waals surface area contributed by atoms with Crippen molar-refractivity contribution in [2.24, 2.45) is 16.3 Å². The van der Waals surface area contributed by atoms with E-state index in [1.54, 1.807) is 0 Å². The zero-order valence-electron chi connectivity index (χ0n) is 14.8. The molecular formula is C20H27N3O2. The Labute approximate surface area is 149 Å². The molecule has 1 spiro atoms. The van der Waals surface area contributed by atoms with Gasteiger partial charge in [0.25, 0.3) is 0 Å². The monoisotopic (exact) mass is 341 g/mol. The molecule has 2 heterocycles. The van der Waals surface area contributed by atoms with E-state index < -0.39 is 0 Å². The van der Waals surface area contributed by atoms with Crippen LogP contribution in [0.1, 0.15) is 31.2 Å². The average molecular weight is 341 g/mol. The molecule has 2 saturated carbocycles. The first-order chi connectivity index (χ1) is 12.3. The number of benzene rings is 1. The molecule has 1 saturated heterocycles. The Balaban J connectivity index is 1.18. The summed E-state index contributed by atoms with van der Waals surface area (Å²) in [6, 6.07) is 8.83. The number of ether oxygens (including phenoxy) is 2. The van der Waals surface area contributed by atoms with Crippen LogP contribution in [0.3, 0.4) is 0 Å². The molecular weight excluding hydrogens is 314 g/mol. The Morgan fingerprint density at radius 2 is 2.20 bits per heavy atom. The van der Waals surface area contributed by atoms with E-state index in [1.165, 1.54) is 31.2 Å². The van der Waals surface area contributed by atoms with E-state index in [-0.39, 0.29) is 6.10 Å². The normalized spacial score (nSPS) is 34.5. The first-order valence-corrected chi connectivity index (χ1v) is 9.63. The molecule has 0 aromatic heterocycles. The molecule has 4 atom stereocenters. The molecule has 3 fully saturated rings. The molecule has 4 unspecified atom stereocenters. The topological polar surface area (TPSA) is 54.9 Å². The molecule has 0 amide bonds. The van der Waals surface area contributed by atoms with E-state index >= 15 is 0 Å². The molecule has 2 aliphatic carbocycles. The molecule has 5 nitrogen and oxygen atoms in total. The second-order valence-electron chi connectivity index (χ2n) is 7.96. The van der Waals surface area contributed by atoms with Crippen LogP contribution in [0, 0.1) is 11.3 Å². The maximum atomic E-state index is 6.02. The van der Waals surface area contributed by atoms with Crippen molar-refractivity contribution in [1.82, 2.24) is 10.6 Å². The van der Waals surface area contributed by atoms with Crippen LogP contribution in [-0.4, -0.2) is 44.4 Å². The number of fused-ring (bicyclic) bond motifs is 3. The van der Waals surface area contributed by atoms with Gasteiger partial charge in [-0.05, 0) is 30.9 Å². The largest absolute Gasteiger partial charge is 0.488 e. The van der Waals surface area contributed by atoms with Gasteiger partial charge in [0.2, 0.25) is 0 Å². The number of para-hydroxylation sites is 1. The number of rotatable bonds is 3. The van der Waals surface area contributed by atoms with Crippen molar-refractivity contribution in [2.75, 3.05) is 20.2 Å². The number of guanidine groups is 1. The molecule has 0 radical (unpaired) electrons. The van der Waals surface area contributed by atoms with Crippen LogP contribution in [0.25, 0.3) is 0 Å². The first kappa shape index (κ1) is 15.5. The van der Waals surface area contributed by atoms with Crippen LogP contribution in [0.4, 0.5) is 0 Å². The lowest BCUT2D eigenvalue weighted by molar-refractivity contribution is -0.171. The summed E-state index contributed by atoms with van der Waals surface area (Å²) in [5.74, 6) is 2.59. The SMILES string of the molecule is CN=C(NCC1Cc2ccccc2O1)NC1C2CCOC2C12CCC2. The summed E-state index contributed by atoms with van der Waals surface area (Å²) in [4.78, 5) is 4.46. The van der Waals surface area contributed by atoms with Gasteiger partial charge in [0.1, 0.15) is 11.9 Å². The highest BCUT2D eigenvalue weighted by molar-refractivity contribution is 5.80. The van der Waals surface area contributed by atoms with E-state index in [0.29, 0.717) is 23.5 Å². The molecule has 2 aliphatic heterocycles. The Morgan fingerprint density at radius 3 is 2.96 bits per heavy atom. The number of nitrogens with zero attached hydrogens (tertiary/aromatic N) is 1. The molecule has 0 bridgehead atoms. The van der Waals surface area contributed by atoms with E-state index in [1.807, 2.05) is 13.1 Å². The minimum Gasteiger partial charge on any atom is -0.488 e. The van der Waals surface area contributed by atoms with Gasteiger partial charge in [-0.2, -0.15) is 0 Å². The minimum absolute atomic E-state index is 0.178. The zero-order valence-corrected chi connectivity index (χ0v) is 14.8. The Kier molecular flexibility index (Phi) is 3.66. The summed E-state index contributed by atoms with van der Waals surface area (Å²) in [5, 5.41) is 7.20. The summed E-state index contributed by atoms with van der Waals surface area (Å²) in [5.41, 5.74) is 1.68. The number of aliphatic imine (C=N–C) groups is 1. The third-order valence-electron chi connectivity index (χ3n) is 6.76. The second kappa shape index (κ2) is 5.90. The predicted molar refractivity (Wildman–Crippen MR) is 97.0 cm³/mol. The molecule has 5 rings (SSSR count). The molecule has 4 aliphatic rings. The Morgan fingerprint density at radius 1 is 1.32 bits per heavy atom. The summed E-state index contributed by atoms with van der Waals surface area (Å²) >= 11 is 0. The van der Waals surface area contributed by atoms with Gasteiger partial charge in [-0.15, -0.1) is 0 Å². The summed E-state index contributed by atoms with van der Waals surface area (Å²) in [6.07, 6.45) is 6.74. The Hall–Kier alpha value is -1.75. The summed E-state index contributed by atoms with van der Waals surface area (Å²) in [7, 11) is 1.86. The van der Waals surface area contributed by atoms with Crippen molar-refractivity contribution in [3.8, 4) is 5.75 Å². The van der Waals surface area contributed by atoms with E-state index in [9.17, 15) is 0 Å². The lowest BCUT2D eigenvalue weighted by atomic mass is 9.46. The molecule has 5 heteroatoms. The fraction of sp³-hybridized carbons (Fsp3) is 0.650. The number of hydrogen-bond donors (Lipinski definition) is 2. The maximum absolute atomic E-state index is 6.02. The second-order valence-corrected chi connectivity index (χ2v) is 7.96. The van der Waals surface area contributed by atoms with Crippen molar-refractivity contribution in [2.45, 2.75) is 50.4 Å². The van der Waals surface area contributed by atoms with Gasteiger partial charge in [0.15, 0.2) is 5.96 Å². The number of hydrogen-bond acceptors (Lipinski definition) is 3. The fourth-order valence-corrected chi connectivity index (χ4v) is 5.38. The van der Waals surface area contributed by atoms with Crippen molar-refractivity contribution >= 4 is 5.96 Å². The van der Waals surface area contributed by atoms with Gasteiger partial charge in [0.05, 0.1) is 12.6 Å². The van der Waals surface area contributed by atoms with E-state index in [0.717, 1.165) is 31.3 Å². The zero-order chi connectivity index (χ0) is 16.9. The quantitative estimate of drug-likeness (QED) is 0.653. The molecule has 1 aromatic carbocycles. The van der Waals surface area contributed by atoms with Crippen LogP contribution in [0.5, 0.6) is 5.75 Å². The minimum atomic E-state index is 0.178. The summed E-state index contributed by atoms with van der Waals surface area (Å²) < 4.78 is 12.0. The average Bonchev–Trinajstić information content (AvgIpc) is 3.18. The molecule has 134 valence electrons. The van der Waals surface area contributed by atoms with Gasteiger partial charge >= 0.3 is 0 Å². The highest BCUT2D eigenvalue weighted by Crippen LogP contribution is 2.62. The van der Waals surface area contributed by atoms with Gasteiger partial charge in [-0.1, -0.05) is 24.6 Å². The third-order valence-corrected chi connectivity index (χ3v) is 6.76. The summed E-state index contributed by atoms with van der Waals surface area (Å²) in [6.45, 7) is 1.70. The van der Waals surface area contributed by atoms with Crippen LogP contribution < -0.4 is 15.4 Å². The lowest BCUT2D eigenvalue weighted by Gasteiger charge is -2.63. The van der Waals surface area contributed by atoms with Crippen molar-refractivity contribution in [3.63, 3.8) is 0 Å². The van der Waals surface area contributed by atoms with Gasteiger partial charge in [0, 0.05) is 37.5 Å². The van der Waals surface area contributed by atoms with Crippen LogP contribution in [-0.2, 0) is 11.2 Å². The third kappa shape index (κ3) is 2.35. The number of nitrogens with one attached hydrogen (secondary N) is 2. The molecule has 25 heavy (non-hydrogen) atoms. The fourth-order valence-electron chi connectivity index (χ4n) is 5.38. The smallest absolute Gasteiger partial charge is 0.191 e. The van der Waals surface area contributed by atoms with Crippen molar-refractivity contribution < 1.29 is 9.47 Å². The standard InChI is InChI=1S/C20H27N3O2/c1-21-19(22-12-14-11-13-5-2-3-6-16(13)25-14)23-17-15-7-10-24-18(15)20(17)8-4-9-20/h2-3,5-6,14-15,17-18H,4,7-12H2,1H3,(H2,21,22,23). The molecule has 2 N–H and O–H groups in total. The van der Waals surface area contributed by atoms with E-state index in [2.05, 4.69) is 33.8 Å². The molecule has 1 aromatic rings. The lowest BCUT2D eigenvalue weighted by Crippen LogP contribution is -2.72. The highest BCUT2D eigenvalue weighted by atomic mass is 16.5. The van der Waals surface area contributed by atoms with Gasteiger partial charge < -0.3 is 20.1 Å². The predicted octanol–water partition coefficient (Wildman–Crippen LogP) is 2.11. The van der Waals surface area contributed by atoms with Crippen LogP contribution >= 0.6 is 0 Å². The van der Waals surface area contributed by atoms with Gasteiger partial charge in [-0.3, -0.25) is 4.99 Å². The van der Waals surface area contributed by atoms with Crippen LogP contribution in [0.2, 0.25) is 0 Å². The van der Waals surface area contributed by atoms with E-state index in [4.69, 9.17) is 9.47 Å².